The summed E-state index contributed by atoms with van der Waals surface area (Å²) in [6, 6.07) is 9.79. The first-order valence-electron chi connectivity index (χ1n) is 8.94. The Morgan fingerprint density at radius 3 is 2.69 bits per heavy atom. The van der Waals surface area contributed by atoms with Crippen molar-refractivity contribution in [1.29, 1.82) is 0 Å². The molecule has 1 N–H and O–H groups in total. The average molecular weight is 347 g/mol. The van der Waals surface area contributed by atoms with Crippen LogP contribution in [0.4, 0.5) is 5.69 Å². The molecule has 0 radical (unpaired) electrons. The zero-order valence-electron chi connectivity index (χ0n) is 14.9. The largest absolute Gasteiger partial charge is 0.320 e. The van der Waals surface area contributed by atoms with Gasteiger partial charge in [-0.05, 0) is 61.6 Å². The molecule has 26 heavy (non-hydrogen) atoms. The SMILES string of the molecule is CCc1cc(-n2nnc(C(=O)Nc3ccncc3)c2C2CC2)ccc1C. The van der Waals surface area contributed by atoms with E-state index in [1.54, 1.807) is 24.5 Å². The van der Waals surface area contributed by atoms with E-state index in [9.17, 15) is 4.79 Å². The van der Waals surface area contributed by atoms with E-state index in [0.29, 0.717) is 17.3 Å². The van der Waals surface area contributed by atoms with Gasteiger partial charge in [0.2, 0.25) is 0 Å². The lowest BCUT2D eigenvalue weighted by molar-refractivity contribution is 0.102. The van der Waals surface area contributed by atoms with Crippen molar-refractivity contribution in [3.8, 4) is 5.69 Å². The minimum Gasteiger partial charge on any atom is -0.320 e. The number of nitrogens with one attached hydrogen (secondary N) is 1. The van der Waals surface area contributed by atoms with Gasteiger partial charge in [0.1, 0.15) is 0 Å². The van der Waals surface area contributed by atoms with Gasteiger partial charge < -0.3 is 5.32 Å². The molecule has 4 rings (SSSR count). The van der Waals surface area contributed by atoms with Crippen LogP contribution in [0.3, 0.4) is 0 Å². The van der Waals surface area contributed by atoms with Gasteiger partial charge in [0.25, 0.3) is 5.91 Å². The fourth-order valence-corrected chi connectivity index (χ4v) is 3.16. The molecular formula is C20H21N5O. The van der Waals surface area contributed by atoms with Crippen LogP contribution in [0.15, 0.2) is 42.7 Å². The first-order chi connectivity index (χ1) is 12.7. The van der Waals surface area contributed by atoms with Crippen molar-refractivity contribution < 1.29 is 4.79 Å². The predicted molar refractivity (Wildman–Crippen MR) is 99.6 cm³/mol. The first kappa shape index (κ1) is 16.4. The summed E-state index contributed by atoms with van der Waals surface area (Å²) >= 11 is 0. The van der Waals surface area contributed by atoms with Crippen molar-refractivity contribution in [2.75, 3.05) is 5.32 Å². The predicted octanol–water partition coefficient (Wildman–Crippen LogP) is 3.66. The van der Waals surface area contributed by atoms with Gasteiger partial charge in [-0.15, -0.1) is 5.10 Å². The van der Waals surface area contributed by atoms with E-state index in [1.807, 2.05) is 10.7 Å². The highest BCUT2D eigenvalue weighted by Gasteiger charge is 2.34. The van der Waals surface area contributed by atoms with Crippen molar-refractivity contribution in [3.63, 3.8) is 0 Å². The first-order valence-corrected chi connectivity index (χ1v) is 8.94. The lowest BCUT2D eigenvalue weighted by Gasteiger charge is -2.10. The molecule has 1 aliphatic carbocycles. The molecule has 132 valence electrons. The Morgan fingerprint density at radius 1 is 1.23 bits per heavy atom. The van der Waals surface area contributed by atoms with E-state index >= 15 is 0 Å². The molecule has 0 aliphatic heterocycles. The second kappa shape index (κ2) is 6.71. The van der Waals surface area contributed by atoms with E-state index in [-0.39, 0.29) is 5.91 Å². The summed E-state index contributed by atoms with van der Waals surface area (Å²) in [7, 11) is 0. The second-order valence-electron chi connectivity index (χ2n) is 6.66. The van der Waals surface area contributed by atoms with Crippen LogP contribution in [-0.2, 0) is 6.42 Å². The van der Waals surface area contributed by atoms with Crippen molar-refractivity contribution in [2.45, 2.75) is 39.0 Å². The molecular weight excluding hydrogens is 326 g/mol. The summed E-state index contributed by atoms with van der Waals surface area (Å²) in [5.41, 5.74) is 5.52. The van der Waals surface area contributed by atoms with E-state index in [2.05, 4.69) is 46.6 Å². The highest BCUT2D eigenvalue weighted by atomic mass is 16.2. The number of anilines is 1. The average Bonchev–Trinajstić information content (AvgIpc) is 3.41. The van der Waals surface area contributed by atoms with Crippen LogP contribution >= 0.6 is 0 Å². The maximum absolute atomic E-state index is 12.7. The number of aromatic nitrogens is 4. The summed E-state index contributed by atoms with van der Waals surface area (Å²) in [6.45, 7) is 4.25. The van der Waals surface area contributed by atoms with Gasteiger partial charge in [0, 0.05) is 24.0 Å². The Morgan fingerprint density at radius 2 is 2.00 bits per heavy atom. The van der Waals surface area contributed by atoms with E-state index in [4.69, 9.17) is 0 Å². The fraction of sp³-hybridized carbons (Fsp3) is 0.300. The Balaban J connectivity index is 1.71. The molecule has 0 saturated heterocycles. The summed E-state index contributed by atoms with van der Waals surface area (Å²) in [4.78, 5) is 16.7. The van der Waals surface area contributed by atoms with Crippen LogP contribution in [0.2, 0.25) is 0 Å². The molecule has 6 heteroatoms. The van der Waals surface area contributed by atoms with Gasteiger partial charge in [0.05, 0.1) is 11.4 Å². The minimum atomic E-state index is -0.229. The summed E-state index contributed by atoms with van der Waals surface area (Å²) in [5.74, 6) is 0.113. The number of amides is 1. The van der Waals surface area contributed by atoms with Crippen molar-refractivity contribution in [3.05, 3.63) is 65.2 Å². The number of rotatable bonds is 5. The quantitative estimate of drug-likeness (QED) is 0.764. The third-order valence-electron chi connectivity index (χ3n) is 4.78. The monoisotopic (exact) mass is 347 g/mol. The number of carbonyl (C=O) groups excluding carboxylic acids is 1. The maximum Gasteiger partial charge on any atom is 0.278 e. The minimum absolute atomic E-state index is 0.229. The molecule has 0 atom stereocenters. The zero-order chi connectivity index (χ0) is 18.1. The molecule has 1 fully saturated rings. The maximum atomic E-state index is 12.7. The Bertz CT molecular complexity index is 944. The molecule has 1 saturated carbocycles. The Kier molecular flexibility index (Phi) is 4.24. The Labute approximate surface area is 152 Å². The van der Waals surface area contributed by atoms with E-state index < -0.39 is 0 Å². The molecule has 0 bridgehead atoms. The molecule has 2 aromatic heterocycles. The van der Waals surface area contributed by atoms with E-state index in [1.165, 1.54) is 11.1 Å². The highest BCUT2D eigenvalue weighted by molar-refractivity contribution is 6.03. The third kappa shape index (κ3) is 3.10. The lowest BCUT2D eigenvalue weighted by Crippen LogP contribution is -2.15. The van der Waals surface area contributed by atoms with Crippen LogP contribution < -0.4 is 5.32 Å². The van der Waals surface area contributed by atoms with Crippen molar-refractivity contribution in [1.82, 2.24) is 20.0 Å². The molecule has 3 aromatic rings. The molecule has 6 nitrogen and oxygen atoms in total. The number of nitrogens with zero attached hydrogens (tertiary/aromatic N) is 4. The van der Waals surface area contributed by atoms with Gasteiger partial charge in [-0.2, -0.15) is 0 Å². The Hall–Kier alpha value is -3.02. The smallest absolute Gasteiger partial charge is 0.278 e. The number of hydrogen-bond acceptors (Lipinski definition) is 4. The summed E-state index contributed by atoms with van der Waals surface area (Å²) < 4.78 is 1.83. The number of aryl methyl sites for hydroxylation is 2. The zero-order valence-corrected chi connectivity index (χ0v) is 14.9. The molecule has 2 heterocycles. The summed E-state index contributed by atoms with van der Waals surface area (Å²) in [6.07, 6.45) is 6.38. The summed E-state index contributed by atoms with van der Waals surface area (Å²) in [5, 5.41) is 11.4. The third-order valence-corrected chi connectivity index (χ3v) is 4.78. The molecule has 1 amide bonds. The van der Waals surface area contributed by atoms with Crippen LogP contribution in [0, 0.1) is 6.92 Å². The van der Waals surface area contributed by atoms with Crippen LogP contribution in [0.1, 0.15) is 53.0 Å². The molecule has 1 aliphatic rings. The second-order valence-corrected chi connectivity index (χ2v) is 6.66. The normalized spacial score (nSPS) is 13.6. The van der Waals surface area contributed by atoms with E-state index in [0.717, 1.165) is 30.6 Å². The number of carbonyl (C=O) groups is 1. The molecule has 1 aromatic carbocycles. The van der Waals surface area contributed by atoms with Gasteiger partial charge in [-0.1, -0.05) is 18.2 Å². The number of hydrogen-bond donors (Lipinski definition) is 1. The van der Waals surface area contributed by atoms with Gasteiger partial charge in [0.15, 0.2) is 5.69 Å². The lowest BCUT2D eigenvalue weighted by atomic mass is 10.1. The number of benzene rings is 1. The van der Waals surface area contributed by atoms with Crippen molar-refractivity contribution in [2.24, 2.45) is 0 Å². The van der Waals surface area contributed by atoms with Gasteiger partial charge in [-0.3, -0.25) is 9.78 Å². The standard InChI is InChI=1S/C20H21N5O/c1-3-14-12-17(7-4-13(14)2)25-19(15-5-6-15)18(23-24-25)20(26)22-16-8-10-21-11-9-16/h4,7-12,15H,3,5-6H2,1-2H3,(H,21,22,26). The topological polar surface area (TPSA) is 72.7 Å². The van der Waals surface area contributed by atoms with Gasteiger partial charge >= 0.3 is 0 Å². The highest BCUT2D eigenvalue weighted by Crippen LogP contribution is 2.42. The van der Waals surface area contributed by atoms with Crippen LogP contribution in [-0.4, -0.2) is 25.9 Å². The molecule has 0 spiro atoms. The van der Waals surface area contributed by atoms with Crippen LogP contribution in [0.25, 0.3) is 5.69 Å². The van der Waals surface area contributed by atoms with Gasteiger partial charge in [-0.25, -0.2) is 4.68 Å². The van der Waals surface area contributed by atoms with Crippen molar-refractivity contribution >= 4 is 11.6 Å². The van der Waals surface area contributed by atoms with Crippen LogP contribution in [0.5, 0.6) is 0 Å². The number of pyridine rings is 1. The fourth-order valence-electron chi connectivity index (χ4n) is 3.16. The molecule has 0 unspecified atom stereocenters.